The van der Waals surface area contributed by atoms with Crippen LogP contribution in [0.2, 0.25) is 0 Å². The van der Waals surface area contributed by atoms with Crippen LogP contribution in [-0.2, 0) is 6.42 Å². The van der Waals surface area contributed by atoms with E-state index in [-0.39, 0.29) is 0 Å². The Morgan fingerprint density at radius 3 is 3.00 bits per heavy atom. The molecule has 0 aliphatic carbocycles. The van der Waals surface area contributed by atoms with Crippen LogP contribution in [0.25, 0.3) is 10.9 Å². The predicted octanol–water partition coefficient (Wildman–Crippen LogP) is 1.67. The number of hydrogen-bond acceptors (Lipinski definition) is 1. The van der Waals surface area contributed by atoms with E-state index in [2.05, 4.69) is 29.2 Å². The fourth-order valence-electron chi connectivity index (χ4n) is 1.42. The Hall–Kier alpha value is -1.28. The van der Waals surface area contributed by atoms with Crippen molar-refractivity contribution in [3.05, 3.63) is 36.0 Å². The second kappa shape index (κ2) is 2.99. The van der Waals surface area contributed by atoms with Gasteiger partial charge in [0.15, 0.2) is 0 Å². The molecule has 2 heteroatoms. The zero-order valence-corrected chi connectivity index (χ0v) is 6.88. The number of nitrogens with two attached hydrogens (primary N) is 1. The Morgan fingerprint density at radius 1 is 1.25 bits per heavy atom. The zero-order valence-electron chi connectivity index (χ0n) is 6.88. The molecule has 1 aromatic carbocycles. The maximum absolute atomic E-state index is 5.47. The topological polar surface area (TPSA) is 41.8 Å². The summed E-state index contributed by atoms with van der Waals surface area (Å²) in [6.45, 7) is 0.718. The molecule has 62 valence electrons. The molecule has 0 amide bonds. The maximum atomic E-state index is 5.47. The highest BCUT2D eigenvalue weighted by molar-refractivity contribution is 5.79. The monoisotopic (exact) mass is 160 g/mol. The van der Waals surface area contributed by atoms with Crippen LogP contribution in [-0.4, -0.2) is 11.5 Å². The number of benzene rings is 1. The second-order valence-electron chi connectivity index (χ2n) is 2.94. The molecule has 0 aliphatic heterocycles. The first kappa shape index (κ1) is 7.37. The molecule has 2 rings (SSSR count). The lowest BCUT2D eigenvalue weighted by molar-refractivity contribution is 0.971. The van der Waals surface area contributed by atoms with E-state index >= 15 is 0 Å². The van der Waals surface area contributed by atoms with Crippen LogP contribution in [0.3, 0.4) is 0 Å². The number of hydrogen-bond donors (Lipinski definition) is 2. The van der Waals surface area contributed by atoms with Gasteiger partial charge in [0.05, 0.1) is 0 Å². The summed E-state index contributed by atoms with van der Waals surface area (Å²) in [5, 5.41) is 1.26. The summed E-state index contributed by atoms with van der Waals surface area (Å²) in [5.74, 6) is 0. The standard InChI is InChI=1S/C10H12N2/c11-5-3-8-1-2-10-9(7-8)4-6-12-10/h1-2,4,6-7,12H,3,5,11H2. The van der Waals surface area contributed by atoms with E-state index in [9.17, 15) is 0 Å². The van der Waals surface area contributed by atoms with Crippen molar-refractivity contribution in [2.75, 3.05) is 6.54 Å². The van der Waals surface area contributed by atoms with Gasteiger partial charge in [0.25, 0.3) is 0 Å². The van der Waals surface area contributed by atoms with Crippen molar-refractivity contribution >= 4 is 10.9 Å². The largest absolute Gasteiger partial charge is 0.361 e. The second-order valence-corrected chi connectivity index (χ2v) is 2.94. The molecule has 2 nitrogen and oxygen atoms in total. The summed E-state index contributed by atoms with van der Waals surface area (Å²) >= 11 is 0. The average molecular weight is 160 g/mol. The molecule has 12 heavy (non-hydrogen) atoms. The summed E-state index contributed by atoms with van der Waals surface area (Å²) in [6, 6.07) is 8.47. The van der Waals surface area contributed by atoms with E-state index in [4.69, 9.17) is 5.73 Å². The van der Waals surface area contributed by atoms with Crippen molar-refractivity contribution in [2.24, 2.45) is 5.73 Å². The molecule has 0 spiro atoms. The van der Waals surface area contributed by atoms with Crippen LogP contribution in [0.1, 0.15) is 5.56 Å². The molecule has 0 atom stereocenters. The molecule has 0 radical (unpaired) electrons. The Labute approximate surface area is 71.4 Å². The van der Waals surface area contributed by atoms with Crippen LogP contribution in [0.15, 0.2) is 30.5 Å². The molecule has 0 saturated heterocycles. The van der Waals surface area contributed by atoms with Gasteiger partial charge in [-0.2, -0.15) is 0 Å². The van der Waals surface area contributed by atoms with E-state index in [0.717, 1.165) is 13.0 Å². The van der Waals surface area contributed by atoms with Gasteiger partial charge in [-0.25, -0.2) is 0 Å². The van der Waals surface area contributed by atoms with Gasteiger partial charge in [-0.3, -0.25) is 0 Å². The van der Waals surface area contributed by atoms with Gasteiger partial charge in [-0.1, -0.05) is 6.07 Å². The van der Waals surface area contributed by atoms with Gasteiger partial charge in [0, 0.05) is 11.7 Å². The smallest absolute Gasteiger partial charge is 0.0454 e. The zero-order chi connectivity index (χ0) is 8.39. The normalized spacial score (nSPS) is 10.8. The lowest BCUT2D eigenvalue weighted by atomic mass is 10.1. The molecule has 0 bridgehead atoms. The molecule has 2 aromatic rings. The highest BCUT2D eigenvalue weighted by atomic mass is 14.7. The number of H-pyrrole nitrogens is 1. The number of aromatic amines is 1. The van der Waals surface area contributed by atoms with Gasteiger partial charge in [0.1, 0.15) is 0 Å². The van der Waals surface area contributed by atoms with Crippen molar-refractivity contribution in [3.63, 3.8) is 0 Å². The Balaban J connectivity index is 2.46. The van der Waals surface area contributed by atoms with Crippen molar-refractivity contribution in [1.82, 2.24) is 4.98 Å². The first-order chi connectivity index (χ1) is 5.90. The van der Waals surface area contributed by atoms with Gasteiger partial charge in [-0.05, 0) is 42.1 Å². The first-order valence-electron chi connectivity index (χ1n) is 4.16. The minimum Gasteiger partial charge on any atom is -0.361 e. The lowest BCUT2D eigenvalue weighted by Gasteiger charge is -1.97. The third-order valence-electron chi connectivity index (χ3n) is 2.05. The SMILES string of the molecule is NCCc1ccc2[nH]ccc2c1. The van der Waals surface area contributed by atoms with E-state index < -0.39 is 0 Å². The first-order valence-corrected chi connectivity index (χ1v) is 4.16. The van der Waals surface area contributed by atoms with Gasteiger partial charge in [0.2, 0.25) is 0 Å². The molecule has 0 unspecified atom stereocenters. The number of rotatable bonds is 2. The van der Waals surface area contributed by atoms with Crippen molar-refractivity contribution in [3.8, 4) is 0 Å². The average Bonchev–Trinajstić information content (AvgIpc) is 2.51. The van der Waals surface area contributed by atoms with Crippen molar-refractivity contribution < 1.29 is 0 Å². The van der Waals surface area contributed by atoms with Crippen LogP contribution >= 0.6 is 0 Å². The van der Waals surface area contributed by atoms with Crippen LogP contribution < -0.4 is 5.73 Å². The van der Waals surface area contributed by atoms with Crippen molar-refractivity contribution in [2.45, 2.75) is 6.42 Å². The molecule has 0 saturated carbocycles. The third-order valence-corrected chi connectivity index (χ3v) is 2.05. The van der Waals surface area contributed by atoms with Crippen LogP contribution in [0.5, 0.6) is 0 Å². The molecular weight excluding hydrogens is 148 g/mol. The Kier molecular flexibility index (Phi) is 1.84. The molecule has 0 aliphatic rings. The molecule has 0 fully saturated rings. The Morgan fingerprint density at radius 2 is 2.17 bits per heavy atom. The fraction of sp³-hybridized carbons (Fsp3) is 0.200. The minimum absolute atomic E-state index is 0.718. The fourth-order valence-corrected chi connectivity index (χ4v) is 1.42. The minimum atomic E-state index is 0.718. The predicted molar refractivity (Wildman–Crippen MR) is 51.1 cm³/mol. The summed E-state index contributed by atoms with van der Waals surface area (Å²) < 4.78 is 0. The van der Waals surface area contributed by atoms with Crippen molar-refractivity contribution in [1.29, 1.82) is 0 Å². The lowest BCUT2D eigenvalue weighted by Crippen LogP contribution is -2.02. The highest BCUT2D eigenvalue weighted by Crippen LogP contribution is 2.14. The van der Waals surface area contributed by atoms with E-state index in [1.165, 1.54) is 16.5 Å². The van der Waals surface area contributed by atoms with E-state index in [0.29, 0.717) is 0 Å². The molecular formula is C10H12N2. The third kappa shape index (κ3) is 1.21. The number of nitrogens with one attached hydrogen (secondary N) is 1. The summed E-state index contributed by atoms with van der Waals surface area (Å²) in [4.78, 5) is 3.16. The summed E-state index contributed by atoms with van der Waals surface area (Å²) in [7, 11) is 0. The number of fused-ring (bicyclic) bond motifs is 1. The summed E-state index contributed by atoms with van der Waals surface area (Å²) in [5.41, 5.74) is 7.97. The van der Waals surface area contributed by atoms with Crippen LogP contribution in [0, 0.1) is 0 Å². The molecule has 3 N–H and O–H groups in total. The Bertz CT molecular complexity index is 376. The molecule has 1 heterocycles. The van der Waals surface area contributed by atoms with Crippen LogP contribution in [0.4, 0.5) is 0 Å². The summed E-state index contributed by atoms with van der Waals surface area (Å²) in [6.07, 6.45) is 2.91. The van der Waals surface area contributed by atoms with Gasteiger partial charge >= 0.3 is 0 Å². The maximum Gasteiger partial charge on any atom is 0.0454 e. The number of aromatic nitrogens is 1. The van der Waals surface area contributed by atoms with Gasteiger partial charge in [-0.15, -0.1) is 0 Å². The van der Waals surface area contributed by atoms with Gasteiger partial charge < -0.3 is 10.7 Å². The highest BCUT2D eigenvalue weighted by Gasteiger charge is 1.95. The van der Waals surface area contributed by atoms with E-state index in [1.807, 2.05) is 6.20 Å². The van der Waals surface area contributed by atoms with E-state index in [1.54, 1.807) is 0 Å². The quantitative estimate of drug-likeness (QED) is 0.689. The molecule has 1 aromatic heterocycles.